The van der Waals surface area contributed by atoms with Gasteiger partial charge >= 0.3 is 0 Å². The summed E-state index contributed by atoms with van der Waals surface area (Å²) in [5.74, 6) is 0.823. The maximum absolute atomic E-state index is 8.90. The van der Waals surface area contributed by atoms with Gasteiger partial charge in [-0.05, 0) is 30.5 Å². The van der Waals surface area contributed by atoms with Crippen LogP contribution in [0.2, 0.25) is 0 Å². The zero-order chi connectivity index (χ0) is 14.1. The Morgan fingerprint density at radius 1 is 1.16 bits per heavy atom. The highest BCUT2D eigenvalue weighted by molar-refractivity contribution is 9.10. The summed E-state index contributed by atoms with van der Waals surface area (Å²) in [7, 11) is 0. The molecule has 0 aliphatic carbocycles. The van der Waals surface area contributed by atoms with Crippen LogP contribution in [0.5, 0.6) is 0 Å². The molecule has 0 radical (unpaired) electrons. The molecule has 0 saturated carbocycles. The van der Waals surface area contributed by atoms with Crippen LogP contribution in [0.3, 0.4) is 0 Å². The van der Waals surface area contributed by atoms with Crippen molar-refractivity contribution in [2.75, 3.05) is 11.9 Å². The van der Waals surface area contributed by atoms with Crippen LogP contribution < -0.4 is 5.32 Å². The lowest BCUT2D eigenvalue weighted by atomic mass is 10.0. The van der Waals surface area contributed by atoms with Gasteiger partial charge in [-0.2, -0.15) is 5.26 Å². The van der Waals surface area contributed by atoms with E-state index >= 15 is 0 Å². The molecular weight excluding hydrogens is 300 g/mol. The van der Waals surface area contributed by atoms with Crippen molar-refractivity contribution in [3.05, 3.63) is 28.2 Å². The van der Waals surface area contributed by atoms with Crippen LogP contribution in [-0.2, 0) is 0 Å². The van der Waals surface area contributed by atoms with Crippen molar-refractivity contribution in [1.29, 1.82) is 5.26 Å². The molecule has 1 rings (SSSR count). The predicted molar refractivity (Wildman–Crippen MR) is 85.3 cm³/mol. The molecule has 0 aliphatic rings. The van der Waals surface area contributed by atoms with E-state index in [1.165, 1.54) is 32.1 Å². The Kier molecular flexibility index (Phi) is 7.59. The van der Waals surface area contributed by atoms with Gasteiger partial charge in [-0.1, -0.05) is 55.5 Å². The van der Waals surface area contributed by atoms with Crippen molar-refractivity contribution < 1.29 is 0 Å². The van der Waals surface area contributed by atoms with E-state index in [0.29, 0.717) is 5.56 Å². The number of anilines is 1. The van der Waals surface area contributed by atoms with Gasteiger partial charge in [0.1, 0.15) is 0 Å². The predicted octanol–water partition coefficient (Wildman–Crippen LogP) is 5.34. The smallest absolute Gasteiger partial charge is 0.0992 e. The zero-order valence-corrected chi connectivity index (χ0v) is 13.5. The first kappa shape index (κ1) is 16.0. The largest absolute Gasteiger partial charge is 0.385 e. The van der Waals surface area contributed by atoms with E-state index in [1.807, 2.05) is 18.2 Å². The molecule has 0 bridgehead atoms. The third-order valence-corrected chi connectivity index (χ3v) is 3.52. The number of hydrogen-bond donors (Lipinski definition) is 1. The number of nitriles is 1. The third kappa shape index (κ3) is 7.22. The lowest BCUT2D eigenvalue weighted by Crippen LogP contribution is -2.01. The van der Waals surface area contributed by atoms with E-state index in [1.54, 1.807) is 0 Å². The average molecular weight is 323 g/mol. The summed E-state index contributed by atoms with van der Waals surface area (Å²) in [4.78, 5) is 0. The van der Waals surface area contributed by atoms with Crippen LogP contribution in [0.15, 0.2) is 22.7 Å². The Bertz CT molecular complexity index is 421. The normalized spacial score (nSPS) is 10.5. The second kappa shape index (κ2) is 8.98. The van der Waals surface area contributed by atoms with E-state index < -0.39 is 0 Å². The van der Waals surface area contributed by atoms with Gasteiger partial charge in [0.25, 0.3) is 0 Å². The molecule has 0 unspecified atom stereocenters. The van der Waals surface area contributed by atoms with Crippen molar-refractivity contribution >= 4 is 21.6 Å². The second-order valence-corrected chi connectivity index (χ2v) is 6.28. The standard InChI is InChI=1S/C16H23BrN2/c1-13(2)7-5-3-4-6-8-19-16-10-14(12-18)9-15(17)11-16/h9-11,13,19H,3-8H2,1-2H3. The van der Waals surface area contributed by atoms with Crippen LogP contribution >= 0.6 is 15.9 Å². The Morgan fingerprint density at radius 2 is 1.89 bits per heavy atom. The maximum atomic E-state index is 8.90. The molecule has 0 aromatic heterocycles. The molecule has 2 nitrogen and oxygen atoms in total. The lowest BCUT2D eigenvalue weighted by molar-refractivity contribution is 0.523. The molecule has 104 valence electrons. The molecule has 1 N–H and O–H groups in total. The minimum Gasteiger partial charge on any atom is -0.385 e. The van der Waals surface area contributed by atoms with Crippen LogP contribution in [-0.4, -0.2) is 6.54 Å². The van der Waals surface area contributed by atoms with E-state index in [2.05, 4.69) is 41.2 Å². The molecular formula is C16H23BrN2. The molecule has 0 heterocycles. The molecule has 0 atom stereocenters. The van der Waals surface area contributed by atoms with E-state index in [9.17, 15) is 0 Å². The Morgan fingerprint density at radius 3 is 2.58 bits per heavy atom. The molecule has 0 saturated heterocycles. The Balaban J connectivity index is 2.19. The van der Waals surface area contributed by atoms with Gasteiger partial charge < -0.3 is 5.32 Å². The second-order valence-electron chi connectivity index (χ2n) is 5.36. The molecule has 0 amide bonds. The number of hydrogen-bond acceptors (Lipinski definition) is 2. The van der Waals surface area contributed by atoms with Gasteiger partial charge in [-0.25, -0.2) is 0 Å². The Labute approximate surface area is 125 Å². The van der Waals surface area contributed by atoms with Gasteiger partial charge in [0.15, 0.2) is 0 Å². The van der Waals surface area contributed by atoms with Crippen LogP contribution in [0.25, 0.3) is 0 Å². The molecule has 1 aromatic carbocycles. The first-order chi connectivity index (χ1) is 9.11. The topological polar surface area (TPSA) is 35.8 Å². The minimum atomic E-state index is 0.689. The van der Waals surface area contributed by atoms with Crippen molar-refractivity contribution in [2.45, 2.75) is 46.0 Å². The molecule has 19 heavy (non-hydrogen) atoms. The molecule has 0 spiro atoms. The first-order valence-electron chi connectivity index (χ1n) is 7.06. The fourth-order valence-corrected chi connectivity index (χ4v) is 2.51. The van der Waals surface area contributed by atoms with E-state index in [-0.39, 0.29) is 0 Å². The van der Waals surface area contributed by atoms with Gasteiger partial charge in [-0.15, -0.1) is 0 Å². The van der Waals surface area contributed by atoms with Gasteiger partial charge in [0.05, 0.1) is 11.6 Å². The van der Waals surface area contributed by atoms with Crippen molar-refractivity contribution in [1.82, 2.24) is 0 Å². The van der Waals surface area contributed by atoms with E-state index in [0.717, 1.165) is 22.6 Å². The van der Waals surface area contributed by atoms with Gasteiger partial charge in [0.2, 0.25) is 0 Å². The summed E-state index contributed by atoms with van der Waals surface area (Å²) in [6.45, 7) is 5.53. The molecule has 1 aromatic rings. The van der Waals surface area contributed by atoms with Crippen LogP contribution in [0, 0.1) is 17.2 Å². The van der Waals surface area contributed by atoms with Crippen LogP contribution in [0.4, 0.5) is 5.69 Å². The number of nitrogens with one attached hydrogen (secondary N) is 1. The summed E-state index contributed by atoms with van der Waals surface area (Å²) < 4.78 is 0.950. The fraction of sp³-hybridized carbons (Fsp3) is 0.562. The molecule has 0 aliphatic heterocycles. The van der Waals surface area contributed by atoms with Gasteiger partial charge in [0, 0.05) is 16.7 Å². The number of nitrogens with zero attached hydrogens (tertiary/aromatic N) is 1. The summed E-state index contributed by atoms with van der Waals surface area (Å²) >= 11 is 3.42. The van der Waals surface area contributed by atoms with Crippen LogP contribution in [0.1, 0.15) is 51.5 Å². The summed E-state index contributed by atoms with van der Waals surface area (Å²) in [6.07, 6.45) is 6.46. The summed E-state index contributed by atoms with van der Waals surface area (Å²) in [5, 5.41) is 12.3. The lowest BCUT2D eigenvalue weighted by Gasteiger charge is -2.08. The molecule has 3 heteroatoms. The fourth-order valence-electron chi connectivity index (χ4n) is 2.02. The number of halogens is 1. The zero-order valence-electron chi connectivity index (χ0n) is 11.9. The average Bonchev–Trinajstić information content (AvgIpc) is 2.36. The highest BCUT2D eigenvalue weighted by Gasteiger charge is 1.99. The first-order valence-corrected chi connectivity index (χ1v) is 7.85. The monoisotopic (exact) mass is 322 g/mol. The number of unbranched alkanes of at least 4 members (excludes halogenated alkanes) is 3. The van der Waals surface area contributed by atoms with E-state index in [4.69, 9.17) is 5.26 Å². The SMILES string of the molecule is CC(C)CCCCCCNc1cc(Br)cc(C#N)c1. The minimum absolute atomic E-state index is 0.689. The third-order valence-electron chi connectivity index (χ3n) is 3.06. The van der Waals surface area contributed by atoms with Crippen molar-refractivity contribution in [3.8, 4) is 6.07 Å². The van der Waals surface area contributed by atoms with Crippen molar-refractivity contribution in [3.63, 3.8) is 0 Å². The summed E-state index contributed by atoms with van der Waals surface area (Å²) in [6, 6.07) is 7.90. The van der Waals surface area contributed by atoms with Gasteiger partial charge in [-0.3, -0.25) is 0 Å². The highest BCUT2D eigenvalue weighted by Crippen LogP contribution is 2.19. The van der Waals surface area contributed by atoms with Crippen molar-refractivity contribution in [2.24, 2.45) is 5.92 Å². The number of benzene rings is 1. The Hall–Kier alpha value is -1.01. The molecule has 0 fully saturated rings. The maximum Gasteiger partial charge on any atom is 0.0992 e. The quantitative estimate of drug-likeness (QED) is 0.656. The summed E-state index contributed by atoms with van der Waals surface area (Å²) in [5.41, 5.74) is 1.71. The highest BCUT2D eigenvalue weighted by atomic mass is 79.9. The number of rotatable bonds is 8.